The summed E-state index contributed by atoms with van der Waals surface area (Å²) in [7, 11) is -4.16. The van der Waals surface area contributed by atoms with E-state index >= 15 is 0 Å². The zero-order valence-electron chi connectivity index (χ0n) is 11.7. The molecule has 1 aromatic carbocycles. The Kier molecular flexibility index (Phi) is 4.86. The lowest BCUT2D eigenvalue weighted by Gasteiger charge is -2.19. The Morgan fingerprint density at radius 1 is 1.41 bits per heavy atom. The third-order valence-corrected chi connectivity index (χ3v) is 4.16. The van der Waals surface area contributed by atoms with Crippen LogP contribution in [-0.2, 0) is 9.84 Å². The first-order valence-corrected chi connectivity index (χ1v) is 7.31. The number of benzene rings is 1. The molecule has 0 saturated carbocycles. The Hall–Kier alpha value is -2.10. The Morgan fingerprint density at radius 2 is 1.95 bits per heavy atom. The van der Waals surface area contributed by atoms with Gasteiger partial charge in [0.1, 0.15) is 5.69 Å². The SMILES string of the molecule is C=C(C)CN(C)c1ccc(S(=O)(=O)C(F)(F)F)cc1[N+](=O)[O-]. The van der Waals surface area contributed by atoms with E-state index in [4.69, 9.17) is 0 Å². The second kappa shape index (κ2) is 5.95. The fraction of sp³-hybridized carbons (Fsp3) is 0.333. The average molecular weight is 338 g/mol. The monoisotopic (exact) mass is 338 g/mol. The molecule has 0 bridgehead atoms. The van der Waals surface area contributed by atoms with E-state index < -0.39 is 30.9 Å². The molecule has 0 amide bonds. The molecule has 0 spiro atoms. The van der Waals surface area contributed by atoms with Gasteiger partial charge in [0, 0.05) is 19.7 Å². The van der Waals surface area contributed by atoms with Gasteiger partial charge in [0.2, 0.25) is 0 Å². The van der Waals surface area contributed by atoms with Crippen molar-refractivity contribution in [3.63, 3.8) is 0 Å². The summed E-state index contributed by atoms with van der Waals surface area (Å²) in [6.07, 6.45) is 0. The summed E-state index contributed by atoms with van der Waals surface area (Å²) in [6.45, 7) is 5.53. The predicted molar refractivity (Wildman–Crippen MR) is 74.4 cm³/mol. The quantitative estimate of drug-likeness (QED) is 0.468. The lowest BCUT2D eigenvalue weighted by molar-refractivity contribution is -0.384. The molecule has 10 heteroatoms. The van der Waals surface area contributed by atoms with E-state index in [0.717, 1.165) is 6.07 Å². The van der Waals surface area contributed by atoms with Crippen molar-refractivity contribution in [3.05, 3.63) is 40.5 Å². The highest BCUT2D eigenvalue weighted by Gasteiger charge is 2.47. The Morgan fingerprint density at radius 3 is 2.36 bits per heavy atom. The van der Waals surface area contributed by atoms with Gasteiger partial charge < -0.3 is 4.90 Å². The molecule has 0 heterocycles. The van der Waals surface area contributed by atoms with Crippen molar-refractivity contribution in [2.45, 2.75) is 17.3 Å². The van der Waals surface area contributed by atoms with Gasteiger partial charge in [-0.2, -0.15) is 13.2 Å². The number of nitro groups is 1. The molecule has 0 radical (unpaired) electrons. The van der Waals surface area contributed by atoms with E-state index in [0.29, 0.717) is 17.7 Å². The summed E-state index contributed by atoms with van der Waals surface area (Å²) in [6, 6.07) is 2.08. The number of hydrogen-bond donors (Lipinski definition) is 0. The molecule has 0 fully saturated rings. The van der Waals surface area contributed by atoms with Crippen molar-refractivity contribution in [2.24, 2.45) is 0 Å². The molecular formula is C12H13F3N2O4S. The average Bonchev–Trinajstić information content (AvgIpc) is 2.35. The molecule has 0 N–H and O–H groups in total. The van der Waals surface area contributed by atoms with Crippen LogP contribution in [0.5, 0.6) is 0 Å². The van der Waals surface area contributed by atoms with Crippen LogP contribution >= 0.6 is 0 Å². The highest BCUT2D eigenvalue weighted by atomic mass is 32.2. The van der Waals surface area contributed by atoms with E-state index in [-0.39, 0.29) is 12.2 Å². The molecule has 0 unspecified atom stereocenters. The van der Waals surface area contributed by atoms with Gasteiger partial charge in [-0.1, -0.05) is 12.2 Å². The zero-order valence-corrected chi connectivity index (χ0v) is 12.5. The van der Waals surface area contributed by atoms with Gasteiger partial charge in [0.25, 0.3) is 15.5 Å². The van der Waals surface area contributed by atoms with Crippen LogP contribution in [0.4, 0.5) is 24.5 Å². The zero-order chi connectivity index (χ0) is 17.3. The number of nitrogens with zero attached hydrogens (tertiary/aromatic N) is 2. The van der Waals surface area contributed by atoms with Gasteiger partial charge in [-0.15, -0.1) is 0 Å². The van der Waals surface area contributed by atoms with Crippen LogP contribution in [-0.4, -0.2) is 32.4 Å². The molecular weight excluding hydrogens is 325 g/mol. The van der Waals surface area contributed by atoms with E-state index in [9.17, 15) is 31.7 Å². The van der Waals surface area contributed by atoms with Crippen LogP contribution in [0.3, 0.4) is 0 Å². The largest absolute Gasteiger partial charge is 0.501 e. The van der Waals surface area contributed by atoms with Crippen LogP contribution in [0.25, 0.3) is 0 Å². The standard InChI is InChI=1S/C12H13F3N2O4S/c1-8(2)7-16(3)10-5-4-9(6-11(10)17(18)19)22(20,21)12(13,14)15/h4-6H,1,7H2,2-3H3. The second-order valence-corrected chi connectivity index (χ2v) is 6.61. The van der Waals surface area contributed by atoms with E-state index in [1.54, 1.807) is 6.92 Å². The van der Waals surface area contributed by atoms with Crippen molar-refractivity contribution in [1.82, 2.24) is 0 Å². The topological polar surface area (TPSA) is 80.5 Å². The predicted octanol–water partition coefficient (Wildman–Crippen LogP) is 2.90. The van der Waals surface area contributed by atoms with Gasteiger partial charge >= 0.3 is 5.51 Å². The van der Waals surface area contributed by atoms with Crippen molar-refractivity contribution in [1.29, 1.82) is 0 Å². The van der Waals surface area contributed by atoms with Crippen LogP contribution in [0.1, 0.15) is 6.92 Å². The Bertz CT molecular complexity index is 714. The minimum Gasteiger partial charge on any atom is -0.365 e. The lowest BCUT2D eigenvalue weighted by Crippen LogP contribution is -2.24. The maximum absolute atomic E-state index is 12.5. The Balaban J connectivity index is 3.45. The van der Waals surface area contributed by atoms with E-state index in [2.05, 4.69) is 6.58 Å². The molecule has 1 rings (SSSR count). The summed E-state index contributed by atoms with van der Waals surface area (Å²) in [4.78, 5) is 10.3. The van der Waals surface area contributed by atoms with Crippen molar-refractivity contribution in [2.75, 3.05) is 18.5 Å². The summed E-state index contributed by atoms with van der Waals surface area (Å²) in [5, 5.41) is 11.0. The summed E-state index contributed by atoms with van der Waals surface area (Å²) in [5.41, 5.74) is -5.58. The Labute approximate surface area is 124 Å². The maximum Gasteiger partial charge on any atom is 0.501 e. The molecule has 0 saturated heterocycles. The summed E-state index contributed by atoms with van der Waals surface area (Å²) < 4.78 is 60.1. The number of likely N-dealkylation sites (N-methyl/N-ethyl adjacent to an activating group) is 1. The number of nitro benzene ring substituents is 1. The lowest BCUT2D eigenvalue weighted by atomic mass is 10.2. The van der Waals surface area contributed by atoms with Gasteiger partial charge in [0.15, 0.2) is 0 Å². The third kappa shape index (κ3) is 3.56. The van der Waals surface area contributed by atoms with E-state index in [1.165, 1.54) is 11.9 Å². The maximum atomic E-state index is 12.5. The van der Waals surface area contributed by atoms with Gasteiger partial charge in [-0.25, -0.2) is 8.42 Å². The summed E-state index contributed by atoms with van der Waals surface area (Å²) in [5.74, 6) is 0. The number of rotatable bonds is 5. The number of hydrogen-bond acceptors (Lipinski definition) is 5. The van der Waals surface area contributed by atoms with Crippen molar-refractivity contribution < 1.29 is 26.5 Å². The normalized spacial score (nSPS) is 12.0. The smallest absolute Gasteiger partial charge is 0.365 e. The molecule has 22 heavy (non-hydrogen) atoms. The first-order valence-electron chi connectivity index (χ1n) is 5.83. The number of sulfone groups is 1. The van der Waals surface area contributed by atoms with Gasteiger partial charge in [-0.05, 0) is 19.1 Å². The molecule has 0 aliphatic carbocycles. The summed E-state index contributed by atoms with van der Waals surface area (Å²) >= 11 is 0. The molecule has 122 valence electrons. The first-order chi connectivity index (χ1) is 9.87. The fourth-order valence-corrected chi connectivity index (χ4v) is 2.54. The minimum absolute atomic E-state index is 0.00544. The number of halogens is 3. The number of anilines is 1. The van der Waals surface area contributed by atoms with Crippen LogP contribution in [0.15, 0.2) is 35.2 Å². The van der Waals surface area contributed by atoms with Crippen LogP contribution in [0.2, 0.25) is 0 Å². The van der Waals surface area contributed by atoms with Crippen LogP contribution in [0, 0.1) is 10.1 Å². The molecule has 0 aliphatic heterocycles. The molecule has 6 nitrogen and oxygen atoms in total. The number of alkyl halides is 3. The first kappa shape index (κ1) is 18.0. The highest BCUT2D eigenvalue weighted by Crippen LogP contribution is 2.35. The molecule has 0 aliphatic rings. The highest BCUT2D eigenvalue weighted by molar-refractivity contribution is 7.92. The molecule has 0 aromatic heterocycles. The fourth-order valence-electron chi connectivity index (χ4n) is 1.76. The third-order valence-electron chi connectivity index (χ3n) is 2.68. The van der Waals surface area contributed by atoms with E-state index in [1.807, 2.05) is 0 Å². The van der Waals surface area contributed by atoms with Crippen molar-refractivity contribution >= 4 is 21.2 Å². The van der Waals surface area contributed by atoms with Crippen molar-refractivity contribution in [3.8, 4) is 0 Å². The minimum atomic E-state index is -5.64. The van der Waals surface area contributed by atoms with Gasteiger partial charge in [-0.3, -0.25) is 10.1 Å². The second-order valence-electron chi connectivity index (χ2n) is 4.67. The van der Waals surface area contributed by atoms with Crippen LogP contribution < -0.4 is 4.90 Å². The van der Waals surface area contributed by atoms with Gasteiger partial charge in [0.05, 0.1) is 9.82 Å². The molecule has 1 aromatic rings. The molecule has 0 atom stereocenters.